The van der Waals surface area contributed by atoms with Gasteiger partial charge in [0.1, 0.15) is 0 Å². The minimum Gasteiger partial charge on any atom is -0.475 e. The molecule has 2 aliphatic rings. The van der Waals surface area contributed by atoms with E-state index < -0.39 is 24.3 Å². The van der Waals surface area contributed by atoms with E-state index in [-0.39, 0.29) is 0 Å². The van der Waals surface area contributed by atoms with Crippen molar-refractivity contribution in [1.82, 2.24) is 9.88 Å². The number of hydrogen-bond acceptors (Lipinski definition) is 7. The third-order valence-electron chi connectivity index (χ3n) is 5.41. The van der Waals surface area contributed by atoms with Crippen molar-refractivity contribution >= 4 is 29.0 Å². The Labute approximate surface area is 212 Å². The topological polar surface area (TPSA) is 103 Å². The van der Waals surface area contributed by atoms with Crippen molar-refractivity contribution in [2.45, 2.75) is 43.9 Å². The van der Waals surface area contributed by atoms with Crippen molar-refractivity contribution in [3.63, 3.8) is 0 Å². The molecule has 2 unspecified atom stereocenters. The molecule has 0 aliphatic carbocycles. The molecule has 4 rings (SSSR count). The Morgan fingerprint density at radius 1 is 1.03 bits per heavy atom. The molecule has 0 amide bonds. The van der Waals surface area contributed by atoms with E-state index in [1.54, 1.807) is 11.3 Å². The van der Waals surface area contributed by atoms with E-state index in [4.69, 9.17) is 24.5 Å². The van der Waals surface area contributed by atoms with Gasteiger partial charge in [-0.25, -0.2) is 9.59 Å². The molecule has 4 heterocycles. The average molecular weight is 558 g/mol. The molecular formula is C22H25F6N3O5S. The van der Waals surface area contributed by atoms with Crippen LogP contribution >= 0.6 is 11.3 Å². The SMILES string of the molecule is O=C(O)C(F)(F)F.O=C(O)C(F)(F)F.c1cncc(N2CCOC3CCN(Cc4ccsc4)CCC32)c1. The van der Waals surface area contributed by atoms with Gasteiger partial charge in [-0.2, -0.15) is 37.7 Å². The van der Waals surface area contributed by atoms with Gasteiger partial charge >= 0.3 is 24.3 Å². The lowest BCUT2D eigenvalue weighted by Crippen LogP contribution is -2.51. The maximum Gasteiger partial charge on any atom is 0.490 e. The molecule has 2 atom stereocenters. The van der Waals surface area contributed by atoms with E-state index in [1.165, 1.54) is 11.3 Å². The Bertz CT molecular complexity index is 951. The summed E-state index contributed by atoms with van der Waals surface area (Å²) in [6.07, 6.45) is -3.72. The molecule has 0 saturated carbocycles. The number of nitrogens with zero attached hydrogens (tertiary/aromatic N) is 3. The standard InChI is InChI=1S/C18H23N3OS.2C2HF3O2/c1-2-16(12-19-6-1)21-9-10-22-18-4-8-20(7-3-17(18)21)13-15-5-11-23-14-15;2*3-2(4,5)1(6)7/h1-2,5-6,11-12,14,17-18H,3-4,7-10,13H2;2*(H,6,7). The second-order valence-electron chi connectivity index (χ2n) is 7.97. The van der Waals surface area contributed by atoms with Gasteiger partial charge < -0.3 is 19.8 Å². The van der Waals surface area contributed by atoms with E-state index in [0.717, 1.165) is 45.6 Å². The molecule has 2 saturated heterocycles. The van der Waals surface area contributed by atoms with Crippen molar-refractivity contribution in [3.8, 4) is 0 Å². The highest BCUT2D eigenvalue weighted by atomic mass is 32.1. The Hall–Kier alpha value is -2.91. The van der Waals surface area contributed by atoms with Crippen LogP contribution in [0.25, 0.3) is 0 Å². The van der Waals surface area contributed by atoms with Gasteiger partial charge in [0.15, 0.2) is 0 Å². The third-order valence-corrected chi connectivity index (χ3v) is 6.15. The van der Waals surface area contributed by atoms with Gasteiger partial charge in [0, 0.05) is 32.4 Å². The number of thiophene rings is 1. The number of anilines is 1. The van der Waals surface area contributed by atoms with Crippen molar-refractivity contribution in [1.29, 1.82) is 0 Å². The van der Waals surface area contributed by atoms with Crippen molar-refractivity contribution in [3.05, 3.63) is 46.9 Å². The summed E-state index contributed by atoms with van der Waals surface area (Å²) < 4.78 is 69.6. The van der Waals surface area contributed by atoms with Crippen molar-refractivity contribution in [2.75, 3.05) is 31.1 Å². The molecule has 0 spiro atoms. The molecule has 37 heavy (non-hydrogen) atoms. The van der Waals surface area contributed by atoms with Crippen LogP contribution in [-0.2, 0) is 20.9 Å². The summed E-state index contributed by atoms with van der Waals surface area (Å²) in [6.45, 7) is 5.11. The molecule has 2 N–H and O–H groups in total. The molecule has 206 valence electrons. The van der Waals surface area contributed by atoms with E-state index in [2.05, 4.69) is 37.7 Å². The number of morpholine rings is 1. The Morgan fingerprint density at radius 3 is 2.16 bits per heavy atom. The smallest absolute Gasteiger partial charge is 0.475 e. The van der Waals surface area contributed by atoms with Crippen LogP contribution < -0.4 is 4.90 Å². The molecule has 15 heteroatoms. The molecule has 0 aromatic carbocycles. The number of pyridine rings is 1. The highest BCUT2D eigenvalue weighted by Crippen LogP contribution is 2.28. The number of likely N-dealkylation sites (tertiary alicyclic amines) is 1. The van der Waals surface area contributed by atoms with Gasteiger partial charge in [-0.05, 0) is 47.4 Å². The van der Waals surface area contributed by atoms with Crippen molar-refractivity contribution < 1.29 is 50.9 Å². The van der Waals surface area contributed by atoms with Crippen LogP contribution in [0.2, 0.25) is 0 Å². The number of rotatable bonds is 3. The molecule has 2 aromatic rings. The van der Waals surface area contributed by atoms with Crippen LogP contribution in [0.4, 0.5) is 32.0 Å². The van der Waals surface area contributed by atoms with Gasteiger partial charge in [0.2, 0.25) is 0 Å². The van der Waals surface area contributed by atoms with Crippen LogP contribution in [-0.4, -0.2) is 82.8 Å². The molecular weight excluding hydrogens is 532 g/mol. The first-order valence-electron chi connectivity index (χ1n) is 10.9. The van der Waals surface area contributed by atoms with Crippen LogP contribution in [0, 0.1) is 0 Å². The van der Waals surface area contributed by atoms with Crippen LogP contribution in [0.3, 0.4) is 0 Å². The lowest BCUT2D eigenvalue weighted by atomic mass is 10.0. The normalized spacial score (nSPS) is 20.3. The van der Waals surface area contributed by atoms with Gasteiger partial charge in [0.25, 0.3) is 0 Å². The molecule has 2 fully saturated rings. The first kappa shape index (κ1) is 30.3. The predicted molar refractivity (Wildman–Crippen MR) is 121 cm³/mol. The number of alkyl halides is 6. The van der Waals surface area contributed by atoms with Gasteiger partial charge in [-0.3, -0.25) is 9.88 Å². The Morgan fingerprint density at radius 2 is 1.65 bits per heavy atom. The summed E-state index contributed by atoms with van der Waals surface area (Å²) in [5, 5.41) is 18.7. The highest BCUT2D eigenvalue weighted by Gasteiger charge is 2.39. The predicted octanol–water partition coefficient (Wildman–Crippen LogP) is 4.28. The minimum atomic E-state index is -5.08. The molecule has 2 aromatic heterocycles. The van der Waals surface area contributed by atoms with Crippen molar-refractivity contribution in [2.24, 2.45) is 0 Å². The van der Waals surface area contributed by atoms with Crippen LogP contribution in [0.1, 0.15) is 18.4 Å². The van der Waals surface area contributed by atoms with Gasteiger partial charge in [-0.15, -0.1) is 0 Å². The van der Waals surface area contributed by atoms with Gasteiger partial charge in [0.05, 0.1) is 30.6 Å². The quantitative estimate of drug-likeness (QED) is 0.540. The van der Waals surface area contributed by atoms with E-state index in [9.17, 15) is 26.3 Å². The summed E-state index contributed by atoms with van der Waals surface area (Å²) in [5.74, 6) is -5.51. The van der Waals surface area contributed by atoms with E-state index >= 15 is 0 Å². The first-order chi connectivity index (χ1) is 17.3. The number of carboxylic acids is 2. The zero-order chi connectivity index (χ0) is 27.6. The highest BCUT2D eigenvalue weighted by molar-refractivity contribution is 7.07. The molecule has 8 nitrogen and oxygen atoms in total. The maximum atomic E-state index is 10.6. The summed E-state index contributed by atoms with van der Waals surface area (Å²) >= 11 is 1.78. The lowest BCUT2D eigenvalue weighted by molar-refractivity contribution is -0.193. The van der Waals surface area contributed by atoms with Crippen LogP contribution in [0.15, 0.2) is 41.4 Å². The lowest BCUT2D eigenvalue weighted by Gasteiger charge is -2.41. The number of ether oxygens (including phenoxy) is 1. The second-order valence-corrected chi connectivity index (χ2v) is 8.75. The molecule has 2 aliphatic heterocycles. The number of carbonyl (C=O) groups is 2. The fourth-order valence-electron chi connectivity index (χ4n) is 3.78. The fraction of sp³-hybridized carbons (Fsp3) is 0.500. The number of hydrogen-bond donors (Lipinski definition) is 2. The summed E-state index contributed by atoms with van der Waals surface area (Å²) in [4.78, 5) is 27.2. The molecule has 0 radical (unpaired) electrons. The maximum absolute atomic E-state index is 10.6. The summed E-state index contributed by atoms with van der Waals surface area (Å²) in [6, 6.07) is 6.91. The zero-order valence-electron chi connectivity index (χ0n) is 19.3. The number of fused-ring (bicyclic) bond motifs is 1. The first-order valence-corrected chi connectivity index (χ1v) is 11.8. The second kappa shape index (κ2) is 13.6. The number of aromatic nitrogens is 1. The largest absolute Gasteiger partial charge is 0.490 e. The molecule has 0 bridgehead atoms. The fourth-order valence-corrected chi connectivity index (χ4v) is 4.44. The summed E-state index contributed by atoms with van der Waals surface area (Å²) in [7, 11) is 0. The zero-order valence-corrected chi connectivity index (χ0v) is 20.1. The average Bonchev–Trinajstić information content (AvgIpc) is 3.25. The van der Waals surface area contributed by atoms with Crippen LogP contribution in [0.5, 0.6) is 0 Å². The van der Waals surface area contributed by atoms with Gasteiger partial charge in [-0.1, -0.05) is 0 Å². The summed E-state index contributed by atoms with van der Waals surface area (Å²) in [5.41, 5.74) is 2.67. The Balaban J connectivity index is 0.000000286. The third kappa shape index (κ3) is 10.2. The number of carboxylic acid groups (broad SMARTS) is 2. The number of halogens is 6. The van der Waals surface area contributed by atoms with E-state index in [0.29, 0.717) is 12.1 Å². The monoisotopic (exact) mass is 557 g/mol. The number of aliphatic carboxylic acids is 2. The Kier molecular flexibility index (Phi) is 11.1. The minimum absolute atomic E-state index is 0.344. The van der Waals surface area contributed by atoms with E-state index in [1.807, 2.05) is 18.5 Å².